The van der Waals surface area contributed by atoms with Crippen molar-refractivity contribution >= 4 is 19.8 Å². The second-order valence-corrected chi connectivity index (χ2v) is 20.6. The lowest BCUT2D eigenvalue weighted by atomic mass is 10.0. The van der Waals surface area contributed by atoms with E-state index in [2.05, 4.69) is 111 Å². The van der Waals surface area contributed by atoms with Crippen molar-refractivity contribution in [1.29, 1.82) is 0 Å². The van der Waals surface area contributed by atoms with Crippen molar-refractivity contribution in [2.45, 2.75) is 258 Å². The summed E-state index contributed by atoms with van der Waals surface area (Å²) >= 11 is 0. The molecule has 2 unspecified atom stereocenters. The maximum absolute atomic E-state index is 12.7. The van der Waals surface area contributed by atoms with Gasteiger partial charge in [0.15, 0.2) is 6.10 Å². The summed E-state index contributed by atoms with van der Waals surface area (Å²) in [5.74, 6) is -0.842. The third kappa shape index (κ3) is 56.2. The van der Waals surface area contributed by atoms with Crippen molar-refractivity contribution in [2.24, 2.45) is 5.73 Å². The van der Waals surface area contributed by atoms with E-state index < -0.39 is 26.5 Å². The lowest BCUT2D eigenvalue weighted by molar-refractivity contribution is -0.161. The number of esters is 2. The number of unbranched alkanes of at least 4 members (excludes halogenated alkanes) is 25. The number of phosphoric acid groups is 1. The van der Waals surface area contributed by atoms with Gasteiger partial charge in [-0.3, -0.25) is 18.6 Å². The summed E-state index contributed by atoms with van der Waals surface area (Å²) in [6.45, 7) is 3.63. The topological polar surface area (TPSA) is 134 Å². The van der Waals surface area contributed by atoms with Gasteiger partial charge in [-0.1, -0.05) is 259 Å². The standard InChI is InChI=1S/C62H108NO8P/c1-3-5-7-9-11-13-15-17-19-21-23-25-26-27-28-29-30-31-32-33-34-35-37-39-41-43-45-47-49-51-53-55-62(65)71-60(59-70-72(66,67)69-57-56-63)58-68-61(64)54-52-50-48-46-44-42-40-38-36-24-22-20-18-16-14-12-10-8-6-4-2/h5,7,11,13,17,19,23,25,27-28,30-31,33-34,37,39,60H,3-4,6,8-10,12,14-16,18,20-22,24,26,29,32,35-36,38,40-59,63H2,1-2H3,(H,66,67)/b7-5-,13-11-,19-17-,25-23-,28-27-,31-30-,34-33-,39-37-. The fourth-order valence-electron chi connectivity index (χ4n) is 7.95. The zero-order chi connectivity index (χ0) is 52.4. The van der Waals surface area contributed by atoms with Gasteiger partial charge in [0.25, 0.3) is 0 Å². The van der Waals surface area contributed by atoms with Gasteiger partial charge < -0.3 is 20.1 Å². The molecule has 9 nitrogen and oxygen atoms in total. The molecule has 72 heavy (non-hydrogen) atoms. The van der Waals surface area contributed by atoms with Gasteiger partial charge in [0, 0.05) is 19.4 Å². The molecule has 0 aliphatic rings. The molecule has 10 heteroatoms. The molecule has 0 radical (unpaired) electrons. The number of allylic oxidation sites excluding steroid dienone is 16. The Bertz CT molecular complexity index is 1500. The lowest BCUT2D eigenvalue weighted by Crippen LogP contribution is -2.29. The maximum atomic E-state index is 12.7. The average molecular weight is 1030 g/mol. The van der Waals surface area contributed by atoms with Crippen molar-refractivity contribution in [3.8, 4) is 0 Å². The summed E-state index contributed by atoms with van der Waals surface area (Å²) in [5, 5.41) is 0. The third-order valence-electron chi connectivity index (χ3n) is 12.2. The van der Waals surface area contributed by atoms with Gasteiger partial charge in [0.2, 0.25) is 0 Å². The predicted molar refractivity (Wildman–Crippen MR) is 307 cm³/mol. The first-order valence-corrected chi connectivity index (χ1v) is 30.7. The van der Waals surface area contributed by atoms with Gasteiger partial charge in [-0.05, 0) is 77.0 Å². The van der Waals surface area contributed by atoms with Crippen LogP contribution in [0.2, 0.25) is 0 Å². The highest BCUT2D eigenvalue weighted by molar-refractivity contribution is 7.47. The highest BCUT2D eigenvalue weighted by atomic mass is 31.2. The molecular weight excluding hydrogens is 918 g/mol. The molecule has 414 valence electrons. The van der Waals surface area contributed by atoms with E-state index in [1.54, 1.807) is 0 Å². The van der Waals surface area contributed by atoms with Crippen LogP contribution in [0.25, 0.3) is 0 Å². The molecule has 0 aromatic carbocycles. The molecule has 0 heterocycles. The molecular formula is C62H108NO8P. The van der Waals surface area contributed by atoms with Crippen LogP contribution >= 0.6 is 7.82 Å². The molecule has 3 N–H and O–H groups in total. The summed E-state index contributed by atoms with van der Waals surface area (Å²) in [7, 11) is -4.40. The molecule has 0 aromatic rings. The number of hydrogen-bond donors (Lipinski definition) is 2. The fourth-order valence-corrected chi connectivity index (χ4v) is 8.71. The maximum Gasteiger partial charge on any atom is 0.472 e. The van der Waals surface area contributed by atoms with E-state index in [-0.39, 0.29) is 38.6 Å². The Morgan fingerprint density at radius 3 is 1.14 bits per heavy atom. The van der Waals surface area contributed by atoms with Crippen molar-refractivity contribution in [2.75, 3.05) is 26.4 Å². The Morgan fingerprint density at radius 2 is 0.764 bits per heavy atom. The van der Waals surface area contributed by atoms with E-state index in [1.165, 1.54) is 109 Å². The van der Waals surface area contributed by atoms with Crippen LogP contribution in [0.5, 0.6) is 0 Å². The van der Waals surface area contributed by atoms with E-state index in [0.717, 1.165) is 109 Å². The van der Waals surface area contributed by atoms with Crippen molar-refractivity contribution in [3.63, 3.8) is 0 Å². The molecule has 0 aliphatic heterocycles. The number of hydrogen-bond acceptors (Lipinski definition) is 8. The van der Waals surface area contributed by atoms with E-state index in [0.29, 0.717) is 6.42 Å². The first-order chi connectivity index (χ1) is 35.3. The smallest absolute Gasteiger partial charge is 0.462 e. The Hall–Kier alpha value is -3.07. The van der Waals surface area contributed by atoms with Crippen LogP contribution in [0, 0.1) is 0 Å². The molecule has 0 aromatic heterocycles. The number of phosphoric ester groups is 1. The number of ether oxygens (including phenoxy) is 2. The molecule has 0 aliphatic carbocycles. The molecule has 0 bridgehead atoms. The largest absolute Gasteiger partial charge is 0.472 e. The monoisotopic (exact) mass is 1030 g/mol. The van der Waals surface area contributed by atoms with Crippen molar-refractivity contribution in [3.05, 3.63) is 97.2 Å². The molecule has 0 fully saturated rings. The van der Waals surface area contributed by atoms with Gasteiger partial charge >= 0.3 is 19.8 Å². The van der Waals surface area contributed by atoms with Crippen LogP contribution in [0.3, 0.4) is 0 Å². The summed E-state index contributed by atoms with van der Waals surface area (Å²) in [5.41, 5.74) is 5.38. The zero-order valence-electron chi connectivity index (χ0n) is 46.1. The summed E-state index contributed by atoms with van der Waals surface area (Å²) in [4.78, 5) is 35.2. The van der Waals surface area contributed by atoms with Gasteiger partial charge in [0.05, 0.1) is 13.2 Å². The molecule has 0 saturated carbocycles. The van der Waals surface area contributed by atoms with E-state index >= 15 is 0 Å². The summed E-state index contributed by atoms with van der Waals surface area (Å²) < 4.78 is 33.0. The molecule has 0 amide bonds. The Balaban J connectivity index is 4.04. The van der Waals surface area contributed by atoms with Gasteiger partial charge in [-0.25, -0.2) is 4.57 Å². The minimum absolute atomic E-state index is 0.0472. The van der Waals surface area contributed by atoms with Gasteiger partial charge in [-0.2, -0.15) is 0 Å². The van der Waals surface area contributed by atoms with Crippen LogP contribution < -0.4 is 5.73 Å². The number of rotatable bonds is 54. The minimum Gasteiger partial charge on any atom is -0.462 e. The quantitative estimate of drug-likeness (QED) is 0.0264. The van der Waals surface area contributed by atoms with Crippen LogP contribution in [-0.4, -0.2) is 49.3 Å². The minimum atomic E-state index is -4.40. The highest BCUT2D eigenvalue weighted by Gasteiger charge is 2.26. The second kappa shape index (κ2) is 57.2. The van der Waals surface area contributed by atoms with E-state index in [9.17, 15) is 19.0 Å². The molecule has 0 saturated heterocycles. The third-order valence-corrected chi connectivity index (χ3v) is 13.2. The Morgan fingerprint density at radius 1 is 0.431 bits per heavy atom. The number of carbonyl (C=O) groups excluding carboxylic acids is 2. The van der Waals surface area contributed by atoms with Gasteiger partial charge in [-0.15, -0.1) is 0 Å². The van der Waals surface area contributed by atoms with Gasteiger partial charge in [0.1, 0.15) is 6.61 Å². The van der Waals surface area contributed by atoms with Crippen LogP contribution in [0.15, 0.2) is 97.2 Å². The normalized spacial score (nSPS) is 13.8. The molecule has 2 atom stereocenters. The van der Waals surface area contributed by atoms with E-state index in [1.807, 2.05) is 0 Å². The van der Waals surface area contributed by atoms with E-state index in [4.69, 9.17) is 24.3 Å². The number of nitrogens with two attached hydrogens (primary N) is 1. The van der Waals surface area contributed by atoms with Crippen LogP contribution in [-0.2, 0) is 32.7 Å². The summed E-state index contributed by atoms with van der Waals surface area (Å²) in [6.07, 6.45) is 76.0. The van der Waals surface area contributed by atoms with Crippen LogP contribution in [0.4, 0.5) is 0 Å². The Labute approximate surface area is 442 Å². The second-order valence-electron chi connectivity index (χ2n) is 19.1. The first kappa shape index (κ1) is 68.9. The first-order valence-electron chi connectivity index (χ1n) is 29.2. The SMILES string of the molecule is CC/C=C\C/C=C\C/C=C\C/C=C\C/C=C\C/C=C\C/C=C\C/C=C\CCCCCCCCC(=O)OC(COC(=O)CCCCCCCCCCCCCCCCCCCCCC)COP(=O)(O)OCCN. The average Bonchev–Trinajstić information content (AvgIpc) is 3.37. The van der Waals surface area contributed by atoms with Crippen molar-refractivity contribution < 1.29 is 37.6 Å². The molecule has 0 rings (SSSR count). The summed E-state index contributed by atoms with van der Waals surface area (Å²) in [6, 6.07) is 0. The van der Waals surface area contributed by atoms with Crippen LogP contribution in [0.1, 0.15) is 251 Å². The fraction of sp³-hybridized carbons (Fsp3) is 0.710. The Kier molecular flexibility index (Phi) is 54.8. The highest BCUT2D eigenvalue weighted by Crippen LogP contribution is 2.43. The van der Waals surface area contributed by atoms with Crippen molar-refractivity contribution in [1.82, 2.24) is 0 Å². The lowest BCUT2D eigenvalue weighted by Gasteiger charge is -2.19. The zero-order valence-corrected chi connectivity index (χ0v) is 47.0. The number of carbonyl (C=O) groups is 2. The predicted octanol–water partition coefficient (Wildman–Crippen LogP) is 18.5. The molecule has 0 spiro atoms.